The molecule has 1 aliphatic carbocycles. The highest BCUT2D eigenvalue weighted by atomic mass is 35.7. The molecule has 1 N–H and O–H groups in total. The summed E-state index contributed by atoms with van der Waals surface area (Å²) in [5.41, 5.74) is 0.402. The van der Waals surface area contributed by atoms with Crippen LogP contribution >= 0.6 is 10.7 Å². The van der Waals surface area contributed by atoms with Gasteiger partial charge in [-0.05, 0) is 37.0 Å². The highest BCUT2D eigenvalue weighted by Gasteiger charge is 2.30. The normalized spacial score (nSPS) is 22.0. The molecule has 1 aromatic carbocycles. The molecule has 0 spiro atoms. The van der Waals surface area contributed by atoms with E-state index in [1.807, 2.05) is 0 Å². The van der Waals surface area contributed by atoms with E-state index in [0.29, 0.717) is 11.6 Å². The van der Waals surface area contributed by atoms with Crippen LogP contribution in [0.5, 0.6) is 5.75 Å². The van der Waals surface area contributed by atoms with Crippen molar-refractivity contribution in [1.29, 1.82) is 0 Å². The van der Waals surface area contributed by atoms with Gasteiger partial charge in [-0.1, -0.05) is 13.3 Å². The van der Waals surface area contributed by atoms with Crippen LogP contribution in [0.25, 0.3) is 0 Å². The van der Waals surface area contributed by atoms with E-state index in [9.17, 15) is 13.2 Å². The summed E-state index contributed by atoms with van der Waals surface area (Å²) in [6, 6.07) is 4.39. The Morgan fingerprint density at radius 3 is 2.62 bits per heavy atom. The molecule has 1 aromatic rings. The van der Waals surface area contributed by atoms with Crippen molar-refractivity contribution in [3.05, 3.63) is 18.2 Å². The molecule has 0 radical (unpaired) electrons. The van der Waals surface area contributed by atoms with E-state index in [1.165, 1.54) is 19.2 Å². The van der Waals surface area contributed by atoms with E-state index >= 15 is 0 Å². The molecule has 7 heteroatoms. The van der Waals surface area contributed by atoms with Crippen LogP contribution in [0.4, 0.5) is 5.69 Å². The molecular weight excluding hydrogens is 314 g/mol. The predicted molar refractivity (Wildman–Crippen MR) is 81.2 cm³/mol. The van der Waals surface area contributed by atoms with Gasteiger partial charge in [0, 0.05) is 22.3 Å². The monoisotopic (exact) mass is 331 g/mol. The number of amides is 1. The van der Waals surface area contributed by atoms with E-state index in [2.05, 4.69) is 12.2 Å². The number of hydrogen-bond donors (Lipinski definition) is 1. The topological polar surface area (TPSA) is 72.5 Å². The number of halogens is 1. The number of carbonyl (C=O) groups excluding carboxylic acids is 1. The Morgan fingerprint density at radius 2 is 2.10 bits per heavy atom. The standard InChI is InChI=1S/C14H18ClNO4S/c1-9-4-3-5-11(9)14(17)16-10-6-7-12(20-2)13(8-10)21(15,18)19/h6-9,11H,3-5H2,1-2H3,(H,16,17). The summed E-state index contributed by atoms with van der Waals surface area (Å²) >= 11 is 0. The summed E-state index contributed by atoms with van der Waals surface area (Å²) in [5, 5.41) is 2.76. The van der Waals surface area contributed by atoms with E-state index in [-0.39, 0.29) is 22.5 Å². The summed E-state index contributed by atoms with van der Waals surface area (Å²) in [6.07, 6.45) is 2.95. The SMILES string of the molecule is COc1ccc(NC(=O)C2CCCC2C)cc1S(=O)(=O)Cl. The first-order valence-corrected chi connectivity index (χ1v) is 9.07. The molecule has 0 bridgehead atoms. The third-order valence-electron chi connectivity index (χ3n) is 3.89. The van der Waals surface area contributed by atoms with Crippen molar-refractivity contribution in [2.45, 2.75) is 31.1 Å². The minimum Gasteiger partial charge on any atom is -0.495 e. The second kappa shape index (κ2) is 6.23. The van der Waals surface area contributed by atoms with Gasteiger partial charge < -0.3 is 10.1 Å². The summed E-state index contributed by atoms with van der Waals surface area (Å²) in [5.74, 6) is 0.392. The first-order valence-electron chi connectivity index (χ1n) is 6.76. The molecule has 2 unspecified atom stereocenters. The predicted octanol–water partition coefficient (Wildman–Crippen LogP) is 3.00. The quantitative estimate of drug-likeness (QED) is 0.861. The fourth-order valence-corrected chi connectivity index (χ4v) is 3.74. The first kappa shape index (κ1) is 16.1. The number of anilines is 1. The number of methoxy groups -OCH3 is 1. The Hall–Kier alpha value is -1.27. The minimum atomic E-state index is -3.94. The van der Waals surface area contributed by atoms with Gasteiger partial charge in [0.25, 0.3) is 9.05 Å². The Morgan fingerprint density at radius 1 is 1.38 bits per heavy atom. The van der Waals surface area contributed by atoms with Crippen molar-refractivity contribution in [3.8, 4) is 5.75 Å². The lowest BCUT2D eigenvalue weighted by atomic mass is 9.97. The van der Waals surface area contributed by atoms with Gasteiger partial charge in [-0.15, -0.1) is 0 Å². The molecule has 0 aliphatic heterocycles. The molecule has 2 atom stereocenters. The molecule has 0 heterocycles. The number of carbonyl (C=O) groups is 1. The number of benzene rings is 1. The van der Waals surface area contributed by atoms with Crippen LogP contribution in [0.2, 0.25) is 0 Å². The molecular formula is C14H18ClNO4S. The Labute approximate surface area is 129 Å². The lowest BCUT2D eigenvalue weighted by Crippen LogP contribution is -2.24. The zero-order valence-corrected chi connectivity index (χ0v) is 13.5. The second-order valence-corrected chi connectivity index (χ2v) is 7.84. The first-order chi connectivity index (χ1) is 9.82. The van der Waals surface area contributed by atoms with Crippen molar-refractivity contribution in [2.75, 3.05) is 12.4 Å². The average molecular weight is 332 g/mol. The second-order valence-electron chi connectivity index (χ2n) is 5.31. The smallest absolute Gasteiger partial charge is 0.265 e. The zero-order chi connectivity index (χ0) is 15.6. The maximum absolute atomic E-state index is 12.2. The van der Waals surface area contributed by atoms with Gasteiger partial charge in [0.05, 0.1) is 7.11 Å². The molecule has 1 aliphatic rings. The minimum absolute atomic E-state index is 0.0249. The molecule has 0 aromatic heterocycles. The highest BCUT2D eigenvalue weighted by Crippen LogP contribution is 2.33. The van der Waals surface area contributed by atoms with Gasteiger partial charge in [0.15, 0.2) is 0 Å². The van der Waals surface area contributed by atoms with Crippen molar-refractivity contribution >= 4 is 31.3 Å². The van der Waals surface area contributed by atoms with Crippen LogP contribution in [-0.2, 0) is 13.8 Å². The van der Waals surface area contributed by atoms with Gasteiger partial charge in [-0.3, -0.25) is 4.79 Å². The molecule has 21 heavy (non-hydrogen) atoms. The zero-order valence-electron chi connectivity index (χ0n) is 11.9. The summed E-state index contributed by atoms with van der Waals surface area (Å²) in [4.78, 5) is 12.1. The number of nitrogens with one attached hydrogen (secondary N) is 1. The van der Waals surface area contributed by atoms with E-state index in [1.54, 1.807) is 6.07 Å². The maximum atomic E-state index is 12.2. The van der Waals surface area contributed by atoms with Gasteiger partial charge in [-0.25, -0.2) is 8.42 Å². The van der Waals surface area contributed by atoms with Crippen molar-refractivity contribution < 1.29 is 17.9 Å². The van der Waals surface area contributed by atoms with Crippen LogP contribution in [0.15, 0.2) is 23.1 Å². The van der Waals surface area contributed by atoms with Gasteiger partial charge in [0.2, 0.25) is 5.91 Å². The third kappa shape index (κ3) is 3.68. The van der Waals surface area contributed by atoms with Crippen molar-refractivity contribution in [1.82, 2.24) is 0 Å². The highest BCUT2D eigenvalue weighted by molar-refractivity contribution is 8.13. The summed E-state index contributed by atoms with van der Waals surface area (Å²) < 4.78 is 28.0. The fraction of sp³-hybridized carbons (Fsp3) is 0.500. The Bertz CT molecular complexity index is 644. The van der Waals surface area contributed by atoms with Crippen LogP contribution in [0, 0.1) is 11.8 Å². The van der Waals surface area contributed by atoms with Crippen molar-refractivity contribution in [2.24, 2.45) is 11.8 Å². The fourth-order valence-electron chi connectivity index (χ4n) is 2.71. The number of hydrogen-bond acceptors (Lipinski definition) is 4. The summed E-state index contributed by atoms with van der Waals surface area (Å²) in [7, 11) is 2.80. The van der Waals surface area contributed by atoms with Gasteiger partial charge >= 0.3 is 0 Å². The molecule has 1 fully saturated rings. The van der Waals surface area contributed by atoms with Crippen LogP contribution < -0.4 is 10.1 Å². The molecule has 116 valence electrons. The van der Waals surface area contributed by atoms with Crippen LogP contribution in [-0.4, -0.2) is 21.4 Å². The molecule has 1 amide bonds. The molecule has 2 rings (SSSR count). The lowest BCUT2D eigenvalue weighted by Gasteiger charge is -2.16. The van der Waals surface area contributed by atoms with Gasteiger partial charge in [-0.2, -0.15) is 0 Å². The maximum Gasteiger partial charge on any atom is 0.265 e. The number of rotatable bonds is 4. The lowest BCUT2D eigenvalue weighted by molar-refractivity contribution is -0.120. The Kier molecular flexibility index (Phi) is 4.78. The van der Waals surface area contributed by atoms with Crippen LogP contribution in [0.3, 0.4) is 0 Å². The average Bonchev–Trinajstić information content (AvgIpc) is 2.84. The molecule has 5 nitrogen and oxygen atoms in total. The van der Waals surface area contributed by atoms with E-state index in [0.717, 1.165) is 19.3 Å². The number of ether oxygens (including phenoxy) is 1. The molecule has 1 saturated carbocycles. The van der Waals surface area contributed by atoms with Gasteiger partial charge in [0.1, 0.15) is 10.6 Å². The largest absolute Gasteiger partial charge is 0.495 e. The van der Waals surface area contributed by atoms with Crippen molar-refractivity contribution in [3.63, 3.8) is 0 Å². The Balaban J connectivity index is 2.23. The molecule has 0 saturated heterocycles. The van der Waals surface area contributed by atoms with E-state index < -0.39 is 9.05 Å². The third-order valence-corrected chi connectivity index (χ3v) is 5.24. The van der Waals surface area contributed by atoms with Crippen LogP contribution in [0.1, 0.15) is 26.2 Å². The van der Waals surface area contributed by atoms with E-state index in [4.69, 9.17) is 15.4 Å². The summed E-state index contributed by atoms with van der Waals surface area (Å²) in [6.45, 7) is 2.06.